The molecule has 1 aliphatic heterocycles. The van der Waals surface area contributed by atoms with Crippen molar-refractivity contribution in [1.82, 2.24) is 0 Å². The van der Waals surface area contributed by atoms with Gasteiger partial charge in [-0.15, -0.1) is 0 Å². The Kier molecular flexibility index (Phi) is 3.73. The molecule has 0 bridgehead atoms. The summed E-state index contributed by atoms with van der Waals surface area (Å²) in [4.78, 5) is 0. The fourth-order valence-corrected chi connectivity index (χ4v) is 2.53. The van der Waals surface area contributed by atoms with Gasteiger partial charge in [-0.25, -0.2) is 0 Å². The van der Waals surface area contributed by atoms with Crippen LogP contribution < -0.4 is 5.32 Å². The molecule has 4 nitrogen and oxygen atoms in total. The Morgan fingerprint density at radius 1 is 1.24 bits per heavy atom. The minimum Gasteiger partial charge on any atom is -0.391 e. The van der Waals surface area contributed by atoms with Crippen LogP contribution in [-0.4, -0.2) is 17.3 Å². The molecule has 1 aliphatic rings. The summed E-state index contributed by atoms with van der Waals surface area (Å²) >= 11 is 13.2. The monoisotopic (exact) mass is 291 g/mol. The SMILES string of the molecule is CC(O)C(C)Nc1c(Cl)cc(Cl)c2c1N=S=N2. The van der Waals surface area contributed by atoms with E-state index in [1.54, 1.807) is 13.0 Å². The van der Waals surface area contributed by atoms with E-state index in [-0.39, 0.29) is 6.04 Å². The number of nitrogens with one attached hydrogen (secondary N) is 1. The van der Waals surface area contributed by atoms with Gasteiger partial charge in [-0.1, -0.05) is 23.2 Å². The van der Waals surface area contributed by atoms with Crippen LogP contribution in [-0.2, 0) is 11.4 Å². The van der Waals surface area contributed by atoms with Gasteiger partial charge in [-0.2, -0.15) is 8.73 Å². The van der Waals surface area contributed by atoms with Crippen molar-refractivity contribution in [3.8, 4) is 0 Å². The molecule has 17 heavy (non-hydrogen) atoms. The second kappa shape index (κ2) is 4.94. The molecule has 0 saturated heterocycles. The molecular weight excluding hydrogens is 281 g/mol. The van der Waals surface area contributed by atoms with Crippen LogP contribution in [0.2, 0.25) is 10.0 Å². The lowest BCUT2D eigenvalue weighted by molar-refractivity contribution is 0.178. The maximum absolute atomic E-state index is 9.49. The first-order valence-electron chi connectivity index (χ1n) is 5.05. The summed E-state index contributed by atoms with van der Waals surface area (Å²) in [6, 6.07) is 1.49. The lowest BCUT2D eigenvalue weighted by Crippen LogP contribution is -2.27. The summed E-state index contributed by atoms with van der Waals surface area (Å²) in [6.45, 7) is 3.57. The number of nitrogens with zero attached hydrogens (tertiary/aromatic N) is 2. The average molecular weight is 292 g/mol. The van der Waals surface area contributed by atoms with Crippen molar-refractivity contribution in [1.29, 1.82) is 0 Å². The van der Waals surface area contributed by atoms with Crippen LogP contribution in [0.3, 0.4) is 0 Å². The van der Waals surface area contributed by atoms with Crippen LogP contribution in [0.1, 0.15) is 13.8 Å². The Hall–Kier alpha value is -0.620. The van der Waals surface area contributed by atoms with Gasteiger partial charge < -0.3 is 10.4 Å². The van der Waals surface area contributed by atoms with Crippen LogP contribution in [0.5, 0.6) is 0 Å². The Morgan fingerprint density at radius 3 is 2.53 bits per heavy atom. The maximum Gasteiger partial charge on any atom is 0.130 e. The number of rotatable bonds is 3. The highest BCUT2D eigenvalue weighted by Gasteiger charge is 2.20. The zero-order valence-electron chi connectivity index (χ0n) is 9.24. The molecule has 0 spiro atoms. The lowest BCUT2D eigenvalue weighted by Gasteiger charge is -2.20. The topological polar surface area (TPSA) is 57.0 Å². The molecule has 0 amide bonds. The molecular formula is C10H11Cl2N3OS. The summed E-state index contributed by atoms with van der Waals surface area (Å²) in [5.74, 6) is 0. The summed E-state index contributed by atoms with van der Waals surface area (Å²) in [5, 5.41) is 13.6. The van der Waals surface area contributed by atoms with Crippen LogP contribution >= 0.6 is 23.2 Å². The molecule has 7 heteroatoms. The average Bonchev–Trinajstić information content (AvgIpc) is 2.72. The van der Waals surface area contributed by atoms with E-state index >= 15 is 0 Å². The van der Waals surface area contributed by atoms with Crippen LogP contribution in [0.4, 0.5) is 17.1 Å². The van der Waals surface area contributed by atoms with E-state index in [4.69, 9.17) is 23.2 Å². The summed E-state index contributed by atoms with van der Waals surface area (Å²) in [6.07, 6.45) is -0.497. The molecule has 0 radical (unpaired) electrons. The van der Waals surface area contributed by atoms with Gasteiger partial charge in [-0.05, 0) is 19.9 Å². The van der Waals surface area contributed by atoms with Crippen molar-refractivity contribution in [2.75, 3.05) is 5.32 Å². The van der Waals surface area contributed by atoms with Gasteiger partial charge in [0.1, 0.15) is 11.4 Å². The van der Waals surface area contributed by atoms with Gasteiger partial charge in [0.05, 0.1) is 33.2 Å². The third kappa shape index (κ3) is 2.47. The second-order valence-corrected chi connectivity index (χ2v) is 5.19. The summed E-state index contributed by atoms with van der Waals surface area (Å²) in [7, 11) is 0. The van der Waals surface area contributed by atoms with Crippen molar-refractivity contribution in [3.05, 3.63) is 16.1 Å². The first-order chi connectivity index (χ1) is 8.00. The van der Waals surface area contributed by atoms with Gasteiger partial charge in [0.2, 0.25) is 0 Å². The molecule has 2 atom stereocenters. The number of fused-ring (bicyclic) bond motifs is 1. The minimum absolute atomic E-state index is 0.140. The lowest BCUT2D eigenvalue weighted by atomic mass is 10.1. The van der Waals surface area contributed by atoms with Crippen molar-refractivity contribution in [2.45, 2.75) is 26.0 Å². The van der Waals surface area contributed by atoms with Crippen molar-refractivity contribution in [3.63, 3.8) is 0 Å². The van der Waals surface area contributed by atoms with E-state index < -0.39 is 6.10 Å². The molecule has 1 aromatic carbocycles. The van der Waals surface area contributed by atoms with Crippen LogP contribution in [0, 0.1) is 0 Å². The maximum atomic E-state index is 9.49. The van der Waals surface area contributed by atoms with E-state index in [1.165, 1.54) is 0 Å². The largest absolute Gasteiger partial charge is 0.391 e. The van der Waals surface area contributed by atoms with E-state index in [0.717, 1.165) is 11.4 Å². The summed E-state index contributed by atoms with van der Waals surface area (Å²) in [5.41, 5.74) is 1.93. The minimum atomic E-state index is -0.497. The number of halogens is 2. The number of benzene rings is 1. The highest BCUT2D eigenvalue weighted by molar-refractivity contribution is 7.58. The predicted octanol–water partition coefficient (Wildman–Crippen LogP) is 3.90. The molecule has 2 unspecified atom stereocenters. The standard InChI is InChI=1S/C10H11Cl2N3OS/c1-4(5(2)16)13-8-6(11)3-7(12)9-10(8)15-17-14-9/h3-5,13,16H,1-2H3. The van der Waals surface area contributed by atoms with Crippen molar-refractivity contribution >= 4 is 51.6 Å². The molecule has 1 heterocycles. The summed E-state index contributed by atoms with van der Waals surface area (Å²) < 4.78 is 8.28. The number of hydrogen-bond donors (Lipinski definition) is 2. The third-order valence-corrected chi connectivity index (χ3v) is 3.65. The van der Waals surface area contributed by atoms with Gasteiger partial charge in [0, 0.05) is 6.04 Å². The molecule has 1 aromatic rings. The Labute approximate surface area is 113 Å². The number of aliphatic hydroxyl groups is 1. The zero-order valence-corrected chi connectivity index (χ0v) is 11.6. The first kappa shape index (κ1) is 12.8. The second-order valence-electron chi connectivity index (χ2n) is 3.85. The van der Waals surface area contributed by atoms with Crippen LogP contribution in [0.25, 0.3) is 0 Å². The molecule has 2 N–H and O–H groups in total. The Bertz CT molecular complexity index is 527. The highest BCUT2D eigenvalue weighted by Crippen LogP contribution is 2.47. The van der Waals surface area contributed by atoms with Gasteiger partial charge in [-0.3, -0.25) is 0 Å². The third-order valence-electron chi connectivity index (χ3n) is 2.54. The number of aliphatic hydroxyl groups excluding tert-OH is 1. The quantitative estimate of drug-likeness (QED) is 0.901. The Morgan fingerprint density at radius 2 is 1.88 bits per heavy atom. The van der Waals surface area contributed by atoms with Crippen molar-refractivity contribution in [2.24, 2.45) is 8.73 Å². The fourth-order valence-electron chi connectivity index (χ4n) is 1.36. The van der Waals surface area contributed by atoms with Crippen molar-refractivity contribution < 1.29 is 5.11 Å². The van der Waals surface area contributed by atoms with Gasteiger partial charge in [0.25, 0.3) is 0 Å². The molecule has 0 aromatic heterocycles. The smallest absolute Gasteiger partial charge is 0.130 e. The fraction of sp³-hybridized carbons (Fsp3) is 0.400. The predicted molar refractivity (Wildman–Crippen MR) is 72.8 cm³/mol. The number of hydrogen-bond acceptors (Lipinski definition) is 4. The van der Waals surface area contributed by atoms with Gasteiger partial charge in [0.15, 0.2) is 0 Å². The van der Waals surface area contributed by atoms with Crippen LogP contribution in [0.15, 0.2) is 14.8 Å². The molecule has 2 rings (SSSR count). The molecule has 0 saturated carbocycles. The van der Waals surface area contributed by atoms with E-state index in [2.05, 4.69) is 14.0 Å². The van der Waals surface area contributed by atoms with E-state index in [9.17, 15) is 5.11 Å². The van der Waals surface area contributed by atoms with E-state index in [0.29, 0.717) is 27.1 Å². The van der Waals surface area contributed by atoms with E-state index in [1.807, 2.05) is 6.92 Å². The number of anilines is 1. The molecule has 0 aliphatic carbocycles. The highest BCUT2D eigenvalue weighted by atomic mass is 35.5. The molecule has 92 valence electrons. The molecule has 0 fully saturated rings. The zero-order chi connectivity index (χ0) is 12.6. The Balaban J connectivity index is 2.42. The normalized spacial score (nSPS) is 16.3. The first-order valence-corrected chi connectivity index (χ1v) is 6.54. The van der Waals surface area contributed by atoms with Gasteiger partial charge >= 0.3 is 0 Å².